The maximum absolute atomic E-state index is 11.0. The zero-order valence-electron chi connectivity index (χ0n) is 19.2. The molecule has 4 rings (SSSR count). The minimum atomic E-state index is -1.37. The third kappa shape index (κ3) is 6.18. The van der Waals surface area contributed by atoms with Crippen LogP contribution in [-0.4, -0.2) is 31.0 Å². The molecule has 1 N–H and O–H groups in total. The minimum absolute atomic E-state index is 0.0863. The summed E-state index contributed by atoms with van der Waals surface area (Å²) < 4.78 is 6.89. The molecule has 0 saturated heterocycles. The number of unbranched alkanes of at least 4 members (excludes halogenated alkanes) is 1. The van der Waals surface area contributed by atoms with Gasteiger partial charge in [-0.05, 0) is 35.6 Å². The van der Waals surface area contributed by atoms with Gasteiger partial charge in [-0.3, -0.25) is 0 Å². The quantitative estimate of drug-likeness (QED) is 0.409. The van der Waals surface area contributed by atoms with Crippen LogP contribution in [0.1, 0.15) is 69.1 Å². The van der Waals surface area contributed by atoms with Crippen LogP contribution >= 0.6 is 0 Å². The van der Waals surface area contributed by atoms with Gasteiger partial charge in [-0.1, -0.05) is 69.7 Å². The first-order chi connectivity index (χ1) is 16.1. The molecule has 1 aromatic carbocycles. The normalized spacial score (nSPS) is 14.3. The van der Waals surface area contributed by atoms with Crippen LogP contribution in [-0.2, 0) is 19.4 Å². The number of rotatable bonds is 9. The lowest BCUT2D eigenvalue weighted by Crippen LogP contribution is -2.11. The van der Waals surface area contributed by atoms with Crippen LogP contribution in [0.2, 0.25) is 0 Å². The number of carbonyl (C=O) groups is 1. The summed E-state index contributed by atoms with van der Waals surface area (Å²) in [6.45, 7) is 2.87. The SMILES string of the molecule is CCCCc1nc(CC2CCCCC2)nn1Cc1ccc(-c2cccnc2OC(=O)O)cc1. The molecule has 1 aliphatic carbocycles. The molecule has 2 heterocycles. The lowest BCUT2D eigenvalue weighted by Gasteiger charge is -2.19. The van der Waals surface area contributed by atoms with Crippen LogP contribution < -0.4 is 4.74 Å². The number of pyridine rings is 1. The topological polar surface area (TPSA) is 90.1 Å². The Morgan fingerprint density at radius 3 is 2.67 bits per heavy atom. The van der Waals surface area contributed by atoms with E-state index in [4.69, 9.17) is 19.9 Å². The Hall–Kier alpha value is -3.22. The van der Waals surface area contributed by atoms with Crippen molar-refractivity contribution in [3.05, 3.63) is 59.8 Å². The van der Waals surface area contributed by atoms with Crippen LogP contribution in [0.25, 0.3) is 11.1 Å². The van der Waals surface area contributed by atoms with Crippen molar-refractivity contribution in [1.29, 1.82) is 0 Å². The van der Waals surface area contributed by atoms with Gasteiger partial charge < -0.3 is 9.84 Å². The number of aromatic nitrogens is 4. The average Bonchev–Trinajstić information content (AvgIpc) is 3.19. The van der Waals surface area contributed by atoms with E-state index in [-0.39, 0.29) is 5.88 Å². The Kier molecular flexibility index (Phi) is 7.70. The lowest BCUT2D eigenvalue weighted by molar-refractivity contribution is 0.143. The molecule has 3 aromatic rings. The van der Waals surface area contributed by atoms with Crippen molar-refractivity contribution in [2.75, 3.05) is 0 Å². The highest BCUT2D eigenvalue weighted by atomic mass is 16.7. The van der Waals surface area contributed by atoms with Gasteiger partial charge in [0.25, 0.3) is 0 Å². The third-order valence-corrected chi connectivity index (χ3v) is 6.29. The highest BCUT2D eigenvalue weighted by Crippen LogP contribution is 2.29. The molecular weight excluding hydrogens is 416 g/mol. The molecular formula is C26H32N4O3. The maximum atomic E-state index is 11.0. The van der Waals surface area contributed by atoms with Crippen LogP contribution in [0.4, 0.5) is 4.79 Å². The zero-order chi connectivity index (χ0) is 23.0. The molecule has 1 saturated carbocycles. The summed E-state index contributed by atoms with van der Waals surface area (Å²) in [6, 6.07) is 11.6. The molecule has 0 bridgehead atoms. The number of benzene rings is 1. The van der Waals surface area contributed by atoms with Crippen molar-refractivity contribution in [1.82, 2.24) is 19.7 Å². The van der Waals surface area contributed by atoms with Gasteiger partial charge in [0.1, 0.15) is 5.82 Å². The van der Waals surface area contributed by atoms with Crippen molar-refractivity contribution < 1.29 is 14.6 Å². The summed E-state index contributed by atoms with van der Waals surface area (Å²) in [5.74, 6) is 2.85. The van der Waals surface area contributed by atoms with Crippen LogP contribution in [0.5, 0.6) is 5.88 Å². The van der Waals surface area contributed by atoms with E-state index in [1.807, 2.05) is 24.3 Å². The third-order valence-electron chi connectivity index (χ3n) is 6.29. The van der Waals surface area contributed by atoms with Crippen LogP contribution in [0.15, 0.2) is 42.6 Å². The van der Waals surface area contributed by atoms with E-state index >= 15 is 0 Å². The summed E-state index contributed by atoms with van der Waals surface area (Å²) in [6.07, 6.45) is 10.9. The van der Waals surface area contributed by atoms with Gasteiger partial charge in [-0.15, -0.1) is 0 Å². The fourth-order valence-corrected chi connectivity index (χ4v) is 4.55. The maximum Gasteiger partial charge on any atom is 0.512 e. The van der Waals surface area contributed by atoms with E-state index in [0.717, 1.165) is 54.4 Å². The second kappa shape index (κ2) is 11.1. The molecule has 0 spiro atoms. The number of hydrogen-bond acceptors (Lipinski definition) is 5. The first kappa shape index (κ1) is 23.0. The summed E-state index contributed by atoms with van der Waals surface area (Å²) >= 11 is 0. The van der Waals surface area contributed by atoms with Crippen molar-refractivity contribution in [2.24, 2.45) is 5.92 Å². The van der Waals surface area contributed by atoms with E-state index in [1.165, 1.54) is 38.3 Å². The zero-order valence-corrected chi connectivity index (χ0v) is 19.2. The molecule has 1 fully saturated rings. The first-order valence-electron chi connectivity index (χ1n) is 12.0. The monoisotopic (exact) mass is 448 g/mol. The summed E-state index contributed by atoms with van der Waals surface area (Å²) in [5.41, 5.74) is 2.62. The van der Waals surface area contributed by atoms with Gasteiger partial charge in [-0.25, -0.2) is 19.4 Å². The second-order valence-corrected chi connectivity index (χ2v) is 8.83. The van der Waals surface area contributed by atoms with Gasteiger partial charge in [-0.2, -0.15) is 5.10 Å². The van der Waals surface area contributed by atoms with Gasteiger partial charge in [0.2, 0.25) is 5.88 Å². The molecule has 33 heavy (non-hydrogen) atoms. The van der Waals surface area contributed by atoms with Gasteiger partial charge >= 0.3 is 6.16 Å². The molecule has 0 aliphatic heterocycles. The Labute approximate surface area is 194 Å². The molecule has 2 aromatic heterocycles. The fraction of sp³-hybridized carbons (Fsp3) is 0.462. The van der Waals surface area contributed by atoms with Gasteiger partial charge in [0.15, 0.2) is 5.82 Å². The predicted molar refractivity (Wildman–Crippen MR) is 126 cm³/mol. The fourth-order valence-electron chi connectivity index (χ4n) is 4.55. The molecule has 0 amide bonds. The molecule has 174 valence electrons. The smallest absolute Gasteiger partial charge is 0.449 e. The number of nitrogens with zero attached hydrogens (tertiary/aromatic N) is 4. The standard InChI is InChI=1S/C26H32N4O3/c1-2-3-11-24-28-23(17-19-8-5-4-6-9-19)29-30(24)18-20-12-14-21(15-13-20)22-10-7-16-27-25(22)33-26(31)32/h7,10,12-16,19H,2-6,8-9,11,17-18H2,1H3,(H,31,32). The highest BCUT2D eigenvalue weighted by Gasteiger charge is 2.18. The van der Waals surface area contributed by atoms with Crippen molar-refractivity contribution >= 4 is 6.16 Å². The molecule has 0 atom stereocenters. The summed E-state index contributed by atoms with van der Waals surface area (Å²) in [7, 11) is 0. The number of ether oxygens (including phenoxy) is 1. The summed E-state index contributed by atoms with van der Waals surface area (Å²) in [5, 5.41) is 13.9. The second-order valence-electron chi connectivity index (χ2n) is 8.83. The highest BCUT2D eigenvalue weighted by molar-refractivity contribution is 5.72. The van der Waals surface area contributed by atoms with E-state index in [2.05, 4.69) is 16.6 Å². The van der Waals surface area contributed by atoms with E-state index in [9.17, 15) is 4.79 Å². The van der Waals surface area contributed by atoms with E-state index in [0.29, 0.717) is 12.1 Å². The molecule has 7 heteroatoms. The van der Waals surface area contributed by atoms with Crippen molar-refractivity contribution in [3.8, 4) is 17.0 Å². The Bertz CT molecular complexity index is 1060. The molecule has 7 nitrogen and oxygen atoms in total. The average molecular weight is 449 g/mol. The Balaban J connectivity index is 1.50. The van der Waals surface area contributed by atoms with Gasteiger partial charge in [0, 0.05) is 24.6 Å². The van der Waals surface area contributed by atoms with E-state index in [1.54, 1.807) is 12.1 Å². The molecule has 0 unspecified atom stereocenters. The number of aryl methyl sites for hydroxylation is 1. The van der Waals surface area contributed by atoms with Gasteiger partial charge in [0.05, 0.1) is 6.54 Å². The Morgan fingerprint density at radius 1 is 1.15 bits per heavy atom. The van der Waals surface area contributed by atoms with Crippen molar-refractivity contribution in [2.45, 2.75) is 71.3 Å². The summed E-state index contributed by atoms with van der Waals surface area (Å²) in [4.78, 5) is 19.9. The minimum Gasteiger partial charge on any atom is -0.449 e. The molecule has 0 radical (unpaired) electrons. The lowest BCUT2D eigenvalue weighted by atomic mass is 9.87. The molecule has 1 aliphatic rings. The first-order valence-corrected chi connectivity index (χ1v) is 12.0. The Morgan fingerprint density at radius 2 is 1.94 bits per heavy atom. The van der Waals surface area contributed by atoms with Crippen molar-refractivity contribution in [3.63, 3.8) is 0 Å². The predicted octanol–water partition coefficient (Wildman–Crippen LogP) is 5.91. The van der Waals surface area contributed by atoms with E-state index < -0.39 is 6.16 Å². The largest absolute Gasteiger partial charge is 0.512 e. The van der Waals surface area contributed by atoms with Crippen LogP contribution in [0.3, 0.4) is 0 Å². The number of carboxylic acid groups (broad SMARTS) is 1. The van der Waals surface area contributed by atoms with Crippen LogP contribution in [0, 0.1) is 5.92 Å². The number of hydrogen-bond donors (Lipinski definition) is 1.